The van der Waals surface area contributed by atoms with Crippen LogP contribution in [0.25, 0.3) is 5.08 Å². The van der Waals surface area contributed by atoms with Gasteiger partial charge < -0.3 is 4.74 Å². The van der Waals surface area contributed by atoms with Crippen LogP contribution in [-0.4, -0.2) is 31.3 Å². The summed E-state index contributed by atoms with van der Waals surface area (Å²) >= 11 is 0. The van der Waals surface area contributed by atoms with Crippen molar-refractivity contribution in [3.05, 3.63) is 5.08 Å². The number of diazo groups is 1. The first-order valence-electron chi connectivity index (χ1n) is 2.61. The molecule has 0 saturated carbocycles. The highest BCUT2D eigenvalue weighted by molar-refractivity contribution is 4.61. The molecule has 1 saturated heterocycles. The van der Waals surface area contributed by atoms with Crippen LogP contribution in [0.2, 0.25) is 0 Å². The first kappa shape index (κ1) is 5.32. The molecule has 0 aromatic heterocycles. The first-order chi connectivity index (χ1) is 3.93. The van der Waals surface area contributed by atoms with E-state index in [0.29, 0.717) is 26.3 Å². The van der Waals surface area contributed by atoms with Gasteiger partial charge >= 0.3 is 5.08 Å². The van der Waals surface area contributed by atoms with E-state index in [2.05, 4.69) is 5.08 Å². The molecule has 44 valence electrons. The molecule has 8 heavy (non-hydrogen) atoms. The molecule has 0 N–H and O–H groups in total. The highest BCUT2D eigenvalue weighted by Crippen LogP contribution is 1.94. The van der Waals surface area contributed by atoms with Gasteiger partial charge in [-0.25, -0.2) is 0 Å². The fourth-order valence-corrected chi connectivity index (χ4v) is 0.643. The zero-order valence-electron chi connectivity index (χ0n) is 4.58. The van der Waals surface area contributed by atoms with Gasteiger partial charge in [0, 0.05) is 0 Å². The van der Waals surface area contributed by atoms with Crippen LogP contribution in [0, 0.1) is 5.39 Å². The molecule has 0 atom stereocenters. The average molecular weight is 114 g/mol. The van der Waals surface area contributed by atoms with E-state index in [1.807, 2.05) is 0 Å². The maximum Gasteiger partial charge on any atom is 0.305 e. The van der Waals surface area contributed by atoms with Crippen molar-refractivity contribution in [3.8, 4) is 0 Å². The summed E-state index contributed by atoms with van der Waals surface area (Å²) in [5.41, 5.74) is 0. The molecule has 0 bridgehead atoms. The van der Waals surface area contributed by atoms with E-state index in [1.165, 1.54) is 0 Å². The highest BCUT2D eigenvalue weighted by atomic mass is 16.5. The Morgan fingerprint density at radius 3 is 2.38 bits per heavy atom. The second-order valence-electron chi connectivity index (χ2n) is 1.66. The average Bonchev–Trinajstić information content (AvgIpc) is 1.90. The van der Waals surface area contributed by atoms with E-state index in [9.17, 15) is 0 Å². The number of hydrogen-bond donors (Lipinski definition) is 0. The summed E-state index contributed by atoms with van der Waals surface area (Å²) in [5, 5.41) is 12.8. The van der Waals surface area contributed by atoms with Crippen molar-refractivity contribution < 1.29 is 4.74 Å². The number of morpholine rings is 1. The van der Waals surface area contributed by atoms with E-state index in [1.54, 1.807) is 5.01 Å². The van der Waals surface area contributed by atoms with E-state index >= 15 is 0 Å². The topological polar surface area (TPSA) is 40.6 Å². The number of hydrogen-bond acceptors (Lipinski definition) is 3. The summed E-state index contributed by atoms with van der Waals surface area (Å²) in [6, 6.07) is 0. The molecule has 1 aliphatic rings. The molecule has 0 aromatic carbocycles. The lowest BCUT2D eigenvalue weighted by molar-refractivity contribution is 0.0569. The van der Waals surface area contributed by atoms with Crippen molar-refractivity contribution in [1.82, 2.24) is 5.01 Å². The predicted molar refractivity (Wildman–Crippen MR) is 27.5 cm³/mol. The Labute approximate surface area is 47.6 Å². The van der Waals surface area contributed by atoms with Gasteiger partial charge in [-0.1, -0.05) is 0 Å². The molecular formula is C4H8N3O+. The van der Waals surface area contributed by atoms with Crippen molar-refractivity contribution in [2.24, 2.45) is 0 Å². The summed E-state index contributed by atoms with van der Waals surface area (Å²) in [6.45, 7) is 2.75. The maximum absolute atomic E-state index is 8.19. The lowest BCUT2D eigenvalue weighted by atomic mass is 10.5. The molecule has 1 heterocycles. The van der Waals surface area contributed by atoms with Crippen LogP contribution >= 0.6 is 0 Å². The Hall–Kier alpha value is -0.820. The van der Waals surface area contributed by atoms with E-state index < -0.39 is 0 Å². The van der Waals surface area contributed by atoms with Crippen molar-refractivity contribution in [3.63, 3.8) is 0 Å². The molecule has 1 fully saturated rings. The minimum absolute atomic E-state index is 0.671. The van der Waals surface area contributed by atoms with Gasteiger partial charge in [0.2, 0.25) is 0 Å². The molecule has 0 unspecified atom stereocenters. The summed E-state index contributed by atoms with van der Waals surface area (Å²) in [6.07, 6.45) is 0. The summed E-state index contributed by atoms with van der Waals surface area (Å²) in [4.78, 5) is 0. The molecular weight excluding hydrogens is 106 g/mol. The van der Waals surface area contributed by atoms with Crippen molar-refractivity contribution in [1.29, 1.82) is 5.39 Å². The molecule has 0 aliphatic carbocycles. The van der Waals surface area contributed by atoms with Crippen LogP contribution in [0.5, 0.6) is 0 Å². The normalized spacial score (nSPS) is 20.1. The lowest BCUT2D eigenvalue weighted by Crippen LogP contribution is -2.30. The van der Waals surface area contributed by atoms with Gasteiger partial charge in [-0.05, 0) is 5.01 Å². The van der Waals surface area contributed by atoms with Crippen LogP contribution in [0.15, 0.2) is 0 Å². The Morgan fingerprint density at radius 1 is 1.38 bits per heavy atom. The van der Waals surface area contributed by atoms with Crippen molar-refractivity contribution in [2.45, 2.75) is 0 Å². The second-order valence-corrected chi connectivity index (χ2v) is 1.66. The molecule has 0 spiro atoms. The quantitative estimate of drug-likeness (QED) is 0.419. The molecule has 1 rings (SSSR count). The van der Waals surface area contributed by atoms with Crippen molar-refractivity contribution >= 4 is 0 Å². The second kappa shape index (κ2) is 2.48. The van der Waals surface area contributed by atoms with Crippen LogP contribution in [0.4, 0.5) is 0 Å². The van der Waals surface area contributed by atoms with Crippen LogP contribution in [0.3, 0.4) is 0 Å². The zero-order chi connectivity index (χ0) is 5.82. The molecule has 1 aliphatic heterocycles. The molecule has 0 radical (unpaired) electrons. The summed E-state index contributed by atoms with van der Waals surface area (Å²) < 4.78 is 4.99. The van der Waals surface area contributed by atoms with Gasteiger partial charge in [0.15, 0.2) is 0 Å². The van der Waals surface area contributed by atoms with E-state index in [4.69, 9.17) is 10.1 Å². The Bertz CT molecular complexity index is 102. The van der Waals surface area contributed by atoms with E-state index in [0.717, 1.165) is 0 Å². The van der Waals surface area contributed by atoms with Crippen molar-refractivity contribution in [2.75, 3.05) is 26.3 Å². The van der Waals surface area contributed by atoms with Gasteiger partial charge in [0.25, 0.3) is 5.39 Å². The summed E-state index contributed by atoms with van der Waals surface area (Å²) in [7, 11) is 0. The van der Waals surface area contributed by atoms with Gasteiger partial charge in [-0.2, -0.15) is 0 Å². The minimum Gasteiger partial charge on any atom is -0.377 e. The maximum atomic E-state index is 8.19. The third-order valence-corrected chi connectivity index (χ3v) is 1.11. The standard InChI is InChI=1S/C4H8N3O/c5-6-7-1-3-8-4-2-7/h1-4H2/q+1. The molecule has 4 heteroatoms. The van der Waals surface area contributed by atoms with Gasteiger partial charge in [0.1, 0.15) is 13.1 Å². The first-order valence-corrected chi connectivity index (χ1v) is 2.61. The largest absolute Gasteiger partial charge is 0.377 e. The third kappa shape index (κ3) is 1.07. The smallest absolute Gasteiger partial charge is 0.305 e. The number of rotatable bonds is 0. The van der Waals surface area contributed by atoms with Crippen LogP contribution in [0.1, 0.15) is 0 Å². The molecule has 4 nitrogen and oxygen atoms in total. The predicted octanol–water partition coefficient (Wildman–Crippen LogP) is 0.0867. The van der Waals surface area contributed by atoms with Crippen LogP contribution < -0.4 is 0 Å². The highest BCUT2D eigenvalue weighted by Gasteiger charge is 2.16. The number of ether oxygens (including phenoxy) is 1. The lowest BCUT2D eigenvalue weighted by Gasteiger charge is -2.10. The van der Waals surface area contributed by atoms with Gasteiger partial charge in [0.05, 0.1) is 13.2 Å². The zero-order valence-corrected chi connectivity index (χ0v) is 4.58. The molecule has 0 aromatic rings. The Morgan fingerprint density at radius 2 is 2.00 bits per heavy atom. The fourth-order valence-electron chi connectivity index (χ4n) is 0.643. The van der Waals surface area contributed by atoms with Gasteiger partial charge in [-0.15, -0.1) is 0 Å². The minimum atomic E-state index is 0.671. The monoisotopic (exact) mass is 114 g/mol. The van der Waals surface area contributed by atoms with E-state index in [-0.39, 0.29) is 0 Å². The molecule has 0 amide bonds. The number of nitrogens with zero attached hydrogens (tertiary/aromatic N) is 3. The Kier molecular flexibility index (Phi) is 1.65. The van der Waals surface area contributed by atoms with Crippen LogP contribution in [-0.2, 0) is 4.74 Å². The Balaban J connectivity index is 2.25. The fraction of sp³-hybridized carbons (Fsp3) is 1.00. The third-order valence-electron chi connectivity index (χ3n) is 1.11. The summed E-state index contributed by atoms with van der Waals surface area (Å²) in [5.74, 6) is 0. The van der Waals surface area contributed by atoms with Gasteiger partial charge in [-0.3, -0.25) is 0 Å². The SMILES string of the molecule is N#[N+]N1CCOCC1.